The molecule has 1 aromatic carbocycles. The Hall–Kier alpha value is -3.22. The van der Waals surface area contributed by atoms with Gasteiger partial charge in [-0.2, -0.15) is 0 Å². The van der Waals surface area contributed by atoms with Crippen LogP contribution in [0.5, 0.6) is 5.75 Å². The fourth-order valence-electron chi connectivity index (χ4n) is 4.07. The number of aromatic nitrogens is 2. The Bertz CT molecular complexity index is 1120. The SMILES string of the molecule is O=C(NC1CCCCCC1)c1c(O)c2cccnc2n(Cc2ccc(F)cc2)c1=O. The van der Waals surface area contributed by atoms with Crippen molar-refractivity contribution in [3.63, 3.8) is 0 Å². The number of amides is 1. The Labute approximate surface area is 173 Å². The summed E-state index contributed by atoms with van der Waals surface area (Å²) < 4.78 is 14.6. The fraction of sp³-hybridized carbons (Fsp3) is 0.348. The molecule has 7 heteroatoms. The van der Waals surface area contributed by atoms with Crippen LogP contribution in [-0.4, -0.2) is 26.6 Å². The first-order valence-electron chi connectivity index (χ1n) is 10.3. The summed E-state index contributed by atoms with van der Waals surface area (Å²) in [5, 5.41) is 14.0. The van der Waals surface area contributed by atoms with Gasteiger partial charge in [0.1, 0.15) is 22.8 Å². The molecule has 2 heterocycles. The predicted molar refractivity (Wildman–Crippen MR) is 112 cm³/mol. The number of nitrogens with one attached hydrogen (secondary N) is 1. The van der Waals surface area contributed by atoms with E-state index >= 15 is 0 Å². The smallest absolute Gasteiger partial charge is 0.269 e. The maximum absolute atomic E-state index is 13.3. The molecule has 1 saturated carbocycles. The molecule has 1 aliphatic carbocycles. The largest absolute Gasteiger partial charge is 0.506 e. The van der Waals surface area contributed by atoms with Crippen LogP contribution in [0.3, 0.4) is 0 Å². The number of carbonyl (C=O) groups excluding carboxylic acids is 1. The van der Waals surface area contributed by atoms with Gasteiger partial charge >= 0.3 is 0 Å². The molecule has 156 valence electrons. The van der Waals surface area contributed by atoms with Gasteiger partial charge in [0.15, 0.2) is 0 Å². The van der Waals surface area contributed by atoms with Gasteiger partial charge in [-0.25, -0.2) is 9.37 Å². The number of hydrogen-bond acceptors (Lipinski definition) is 4. The molecular formula is C23H24FN3O3. The second-order valence-corrected chi connectivity index (χ2v) is 7.78. The molecule has 0 bridgehead atoms. The Balaban J connectivity index is 1.76. The Morgan fingerprint density at radius 3 is 2.53 bits per heavy atom. The summed E-state index contributed by atoms with van der Waals surface area (Å²) in [6, 6.07) is 9.05. The normalized spacial score (nSPS) is 15.1. The molecule has 4 rings (SSSR count). The third kappa shape index (κ3) is 4.06. The number of rotatable bonds is 4. The van der Waals surface area contributed by atoms with Crippen molar-refractivity contribution in [2.24, 2.45) is 0 Å². The van der Waals surface area contributed by atoms with Crippen LogP contribution < -0.4 is 10.9 Å². The molecule has 30 heavy (non-hydrogen) atoms. The van der Waals surface area contributed by atoms with Crippen molar-refractivity contribution in [1.29, 1.82) is 0 Å². The summed E-state index contributed by atoms with van der Waals surface area (Å²) in [4.78, 5) is 30.5. The minimum absolute atomic E-state index is 0.00561. The molecule has 2 N–H and O–H groups in total. The highest BCUT2D eigenvalue weighted by Gasteiger charge is 2.25. The lowest BCUT2D eigenvalue weighted by Crippen LogP contribution is -2.39. The van der Waals surface area contributed by atoms with Crippen molar-refractivity contribution in [3.05, 3.63) is 69.9 Å². The zero-order valence-electron chi connectivity index (χ0n) is 16.6. The number of aromatic hydroxyl groups is 1. The molecule has 0 unspecified atom stereocenters. The summed E-state index contributed by atoms with van der Waals surface area (Å²) in [5.41, 5.74) is 0.0672. The molecule has 3 aromatic rings. The number of carbonyl (C=O) groups is 1. The number of nitrogens with zero attached hydrogens (tertiary/aromatic N) is 2. The van der Waals surface area contributed by atoms with Gasteiger partial charge in [0, 0.05) is 12.2 Å². The first kappa shape index (κ1) is 20.1. The monoisotopic (exact) mass is 409 g/mol. The number of halogens is 1. The Morgan fingerprint density at radius 1 is 1.13 bits per heavy atom. The highest BCUT2D eigenvalue weighted by Crippen LogP contribution is 2.26. The topological polar surface area (TPSA) is 84.2 Å². The molecular weight excluding hydrogens is 385 g/mol. The molecule has 0 radical (unpaired) electrons. The maximum atomic E-state index is 13.3. The van der Waals surface area contributed by atoms with E-state index in [1.165, 1.54) is 22.9 Å². The van der Waals surface area contributed by atoms with E-state index in [4.69, 9.17) is 0 Å². The van der Waals surface area contributed by atoms with Crippen LogP contribution in [0.15, 0.2) is 47.4 Å². The maximum Gasteiger partial charge on any atom is 0.269 e. The van der Waals surface area contributed by atoms with E-state index in [9.17, 15) is 19.1 Å². The lowest BCUT2D eigenvalue weighted by Gasteiger charge is -2.18. The van der Waals surface area contributed by atoms with Crippen molar-refractivity contribution < 1.29 is 14.3 Å². The highest BCUT2D eigenvalue weighted by atomic mass is 19.1. The van der Waals surface area contributed by atoms with Crippen molar-refractivity contribution in [1.82, 2.24) is 14.9 Å². The molecule has 0 saturated heterocycles. The van der Waals surface area contributed by atoms with E-state index in [1.54, 1.807) is 24.3 Å². The van der Waals surface area contributed by atoms with Crippen LogP contribution in [0, 0.1) is 5.82 Å². The summed E-state index contributed by atoms with van der Waals surface area (Å²) in [6.07, 6.45) is 7.61. The van der Waals surface area contributed by atoms with Gasteiger partial charge in [0.2, 0.25) is 0 Å². The van der Waals surface area contributed by atoms with Gasteiger partial charge in [-0.15, -0.1) is 0 Å². The summed E-state index contributed by atoms with van der Waals surface area (Å²) >= 11 is 0. The molecule has 1 fully saturated rings. The van der Waals surface area contributed by atoms with Crippen molar-refractivity contribution in [2.45, 2.75) is 51.1 Å². The van der Waals surface area contributed by atoms with Crippen LogP contribution in [0.4, 0.5) is 4.39 Å². The second-order valence-electron chi connectivity index (χ2n) is 7.78. The zero-order valence-corrected chi connectivity index (χ0v) is 16.6. The van der Waals surface area contributed by atoms with Crippen LogP contribution in [0.1, 0.15) is 54.4 Å². The summed E-state index contributed by atoms with van der Waals surface area (Å²) in [5.74, 6) is -1.30. The van der Waals surface area contributed by atoms with Gasteiger partial charge in [-0.1, -0.05) is 37.8 Å². The lowest BCUT2D eigenvalue weighted by atomic mass is 10.1. The molecule has 2 aromatic heterocycles. The van der Waals surface area contributed by atoms with Gasteiger partial charge < -0.3 is 10.4 Å². The highest BCUT2D eigenvalue weighted by molar-refractivity contribution is 6.01. The Kier molecular flexibility index (Phi) is 5.79. The van der Waals surface area contributed by atoms with Crippen molar-refractivity contribution in [3.8, 4) is 5.75 Å². The second kappa shape index (κ2) is 8.65. The predicted octanol–water partition coefficient (Wildman–Crippen LogP) is 3.74. The number of fused-ring (bicyclic) bond motifs is 1. The third-order valence-corrected chi connectivity index (χ3v) is 5.66. The molecule has 0 aliphatic heterocycles. The molecule has 1 amide bonds. The molecule has 0 spiro atoms. The fourth-order valence-corrected chi connectivity index (χ4v) is 4.07. The van der Waals surface area contributed by atoms with E-state index in [-0.39, 0.29) is 35.4 Å². The van der Waals surface area contributed by atoms with E-state index in [2.05, 4.69) is 10.3 Å². The van der Waals surface area contributed by atoms with E-state index in [0.29, 0.717) is 10.9 Å². The van der Waals surface area contributed by atoms with E-state index in [1.807, 2.05) is 0 Å². The van der Waals surface area contributed by atoms with Gasteiger partial charge in [0.25, 0.3) is 11.5 Å². The number of hydrogen-bond donors (Lipinski definition) is 2. The van der Waals surface area contributed by atoms with Gasteiger partial charge in [-0.3, -0.25) is 14.2 Å². The first-order chi connectivity index (χ1) is 14.5. The minimum Gasteiger partial charge on any atom is -0.506 e. The van der Waals surface area contributed by atoms with Gasteiger partial charge in [0.05, 0.1) is 11.9 Å². The quantitative estimate of drug-likeness (QED) is 0.643. The van der Waals surface area contributed by atoms with Crippen molar-refractivity contribution in [2.75, 3.05) is 0 Å². The molecule has 0 atom stereocenters. The van der Waals surface area contributed by atoms with Crippen LogP contribution in [0.25, 0.3) is 11.0 Å². The average Bonchev–Trinajstić information content (AvgIpc) is 3.01. The number of benzene rings is 1. The standard InChI is InChI=1S/C23H24FN3O3/c24-16-11-9-15(10-12-16)14-27-21-18(8-5-13-25-21)20(28)19(23(27)30)22(29)26-17-6-3-1-2-4-7-17/h5,8-13,17,28H,1-4,6-7,14H2,(H,26,29). The zero-order chi connectivity index (χ0) is 21.1. The van der Waals surface area contributed by atoms with E-state index < -0.39 is 11.5 Å². The van der Waals surface area contributed by atoms with Crippen LogP contribution in [-0.2, 0) is 6.54 Å². The van der Waals surface area contributed by atoms with Crippen LogP contribution in [0.2, 0.25) is 0 Å². The van der Waals surface area contributed by atoms with Crippen LogP contribution >= 0.6 is 0 Å². The molecule has 1 aliphatic rings. The summed E-state index contributed by atoms with van der Waals surface area (Å²) in [7, 11) is 0. The number of pyridine rings is 2. The summed E-state index contributed by atoms with van der Waals surface area (Å²) in [6.45, 7) is 0.108. The Morgan fingerprint density at radius 2 is 1.83 bits per heavy atom. The van der Waals surface area contributed by atoms with Gasteiger partial charge in [-0.05, 0) is 42.7 Å². The van der Waals surface area contributed by atoms with E-state index in [0.717, 1.165) is 38.5 Å². The minimum atomic E-state index is -0.617. The molecule has 6 nitrogen and oxygen atoms in total. The average molecular weight is 409 g/mol. The lowest BCUT2D eigenvalue weighted by molar-refractivity contribution is 0.0928. The van der Waals surface area contributed by atoms with Crippen molar-refractivity contribution >= 4 is 16.9 Å². The first-order valence-corrected chi connectivity index (χ1v) is 10.3. The third-order valence-electron chi connectivity index (χ3n) is 5.66.